The van der Waals surface area contributed by atoms with Gasteiger partial charge in [0.25, 0.3) is 0 Å². The van der Waals surface area contributed by atoms with Gasteiger partial charge in [0.2, 0.25) is 11.9 Å². The molecule has 0 radical (unpaired) electrons. The van der Waals surface area contributed by atoms with Crippen molar-refractivity contribution in [3.8, 4) is 0 Å². The molecule has 1 amide bonds. The number of nitrogens with zero attached hydrogens (tertiary/aromatic N) is 5. The Balaban J connectivity index is 1.62. The van der Waals surface area contributed by atoms with Crippen molar-refractivity contribution in [2.45, 2.75) is 18.8 Å². The highest BCUT2D eigenvalue weighted by Gasteiger charge is 2.24. The maximum absolute atomic E-state index is 11.9. The van der Waals surface area contributed by atoms with Crippen molar-refractivity contribution in [1.82, 2.24) is 24.8 Å². The summed E-state index contributed by atoms with van der Waals surface area (Å²) in [5.41, 5.74) is 0.982. The number of carbonyl (C=O) groups is 1. The smallest absolute Gasteiger partial charge is 0.248 e. The zero-order valence-electron chi connectivity index (χ0n) is 13.6. The first-order valence-electron chi connectivity index (χ1n) is 7.89. The molecular weight excluding hydrogens is 308 g/mol. The SMILES string of the molecule is COCC(=O)N1CCC(c2ccnc(Nc3cnccn3)n2)CC1. The Bertz CT molecular complexity index is 673. The fourth-order valence-corrected chi connectivity index (χ4v) is 2.78. The molecule has 1 saturated heterocycles. The molecule has 1 fully saturated rings. The van der Waals surface area contributed by atoms with Gasteiger partial charge in [-0.1, -0.05) is 0 Å². The molecule has 1 aliphatic heterocycles. The number of likely N-dealkylation sites (tertiary alicyclic amines) is 1. The zero-order chi connectivity index (χ0) is 16.8. The van der Waals surface area contributed by atoms with Gasteiger partial charge in [0.1, 0.15) is 6.61 Å². The second-order valence-electron chi connectivity index (χ2n) is 5.61. The number of hydrogen-bond acceptors (Lipinski definition) is 7. The van der Waals surface area contributed by atoms with Crippen molar-refractivity contribution in [3.63, 3.8) is 0 Å². The highest BCUT2D eigenvalue weighted by molar-refractivity contribution is 5.77. The highest BCUT2D eigenvalue weighted by Crippen LogP contribution is 2.27. The van der Waals surface area contributed by atoms with Crippen molar-refractivity contribution >= 4 is 17.7 Å². The van der Waals surface area contributed by atoms with E-state index in [0.29, 0.717) is 17.7 Å². The molecule has 126 valence electrons. The van der Waals surface area contributed by atoms with Crippen LogP contribution in [0.15, 0.2) is 30.9 Å². The first-order chi connectivity index (χ1) is 11.8. The van der Waals surface area contributed by atoms with Crippen molar-refractivity contribution in [2.24, 2.45) is 0 Å². The number of ether oxygens (including phenoxy) is 1. The Hall–Kier alpha value is -2.61. The lowest BCUT2D eigenvalue weighted by molar-refractivity contribution is -0.136. The Morgan fingerprint density at radius 3 is 2.83 bits per heavy atom. The number of rotatable bonds is 5. The van der Waals surface area contributed by atoms with Crippen LogP contribution < -0.4 is 5.32 Å². The molecule has 0 aliphatic carbocycles. The second-order valence-corrected chi connectivity index (χ2v) is 5.61. The molecule has 3 heterocycles. The van der Waals surface area contributed by atoms with Gasteiger partial charge in [-0.3, -0.25) is 9.78 Å². The number of hydrogen-bond donors (Lipinski definition) is 1. The van der Waals surface area contributed by atoms with Crippen LogP contribution in [0.1, 0.15) is 24.5 Å². The summed E-state index contributed by atoms with van der Waals surface area (Å²) < 4.78 is 4.91. The summed E-state index contributed by atoms with van der Waals surface area (Å²) in [7, 11) is 1.54. The van der Waals surface area contributed by atoms with E-state index < -0.39 is 0 Å². The van der Waals surface area contributed by atoms with Crippen LogP contribution in [0, 0.1) is 0 Å². The lowest BCUT2D eigenvalue weighted by Gasteiger charge is -2.31. The van der Waals surface area contributed by atoms with Crippen LogP contribution in [-0.2, 0) is 9.53 Å². The Labute approximate surface area is 140 Å². The molecule has 2 aromatic heterocycles. The van der Waals surface area contributed by atoms with Gasteiger partial charge in [-0.2, -0.15) is 0 Å². The average Bonchev–Trinajstić information content (AvgIpc) is 2.63. The monoisotopic (exact) mass is 328 g/mol. The fraction of sp³-hybridized carbons (Fsp3) is 0.438. The molecule has 1 aliphatic rings. The molecular formula is C16H20N6O2. The van der Waals surface area contributed by atoms with Crippen LogP contribution in [0.4, 0.5) is 11.8 Å². The summed E-state index contributed by atoms with van der Waals surface area (Å²) in [6.45, 7) is 1.60. The summed E-state index contributed by atoms with van der Waals surface area (Å²) in [6.07, 6.45) is 8.35. The van der Waals surface area contributed by atoms with E-state index in [1.54, 1.807) is 24.8 Å². The number of amides is 1. The van der Waals surface area contributed by atoms with Crippen LogP contribution in [0.5, 0.6) is 0 Å². The van der Waals surface area contributed by atoms with E-state index >= 15 is 0 Å². The van der Waals surface area contributed by atoms with Gasteiger partial charge < -0.3 is 15.0 Å². The Kier molecular flexibility index (Phi) is 5.27. The number of nitrogens with one attached hydrogen (secondary N) is 1. The molecule has 3 rings (SSSR count). The minimum atomic E-state index is 0.0450. The summed E-state index contributed by atoms with van der Waals surface area (Å²) >= 11 is 0. The Morgan fingerprint density at radius 1 is 1.29 bits per heavy atom. The number of anilines is 2. The van der Waals surface area contributed by atoms with Gasteiger partial charge in [0, 0.05) is 50.4 Å². The topological polar surface area (TPSA) is 93.1 Å². The first-order valence-corrected chi connectivity index (χ1v) is 7.89. The van der Waals surface area contributed by atoms with E-state index in [9.17, 15) is 4.79 Å². The van der Waals surface area contributed by atoms with Crippen molar-refractivity contribution < 1.29 is 9.53 Å². The normalized spacial score (nSPS) is 15.3. The van der Waals surface area contributed by atoms with E-state index in [1.807, 2.05) is 11.0 Å². The van der Waals surface area contributed by atoms with Crippen molar-refractivity contribution in [2.75, 3.05) is 32.1 Å². The molecule has 24 heavy (non-hydrogen) atoms. The number of carbonyl (C=O) groups excluding carboxylic acids is 1. The van der Waals surface area contributed by atoms with Crippen LogP contribution >= 0.6 is 0 Å². The van der Waals surface area contributed by atoms with Gasteiger partial charge in [0.15, 0.2) is 5.82 Å². The van der Waals surface area contributed by atoms with Crippen molar-refractivity contribution in [1.29, 1.82) is 0 Å². The van der Waals surface area contributed by atoms with E-state index in [2.05, 4.69) is 25.3 Å². The number of methoxy groups -OCH3 is 1. The lowest BCUT2D eigenvalue weighted by atomic mass is 9.93. The lowest BCUT2D eigenvalue weighted by Crippen LogP contribution is -2.39. The van der Waals surface area contributed by atoms with Crippen molar-refractivity contribution in [3.05, 3.63) is 36.5 Å². The molecule has 0 aromatic carbocycles. The van der Waals surface area contributed by atoms with Gasteiger partial charge in [-0.05, 0) is 18.9 Å². The van der Waals surface area contributed by atoms with E-state index in [0.717, 1.165) is 31.6 Å². The fourth-order valence-electron chi connectivity index (χ4n) is 2.78. The van der Waals surface area contributed by atoms with Gasteiger partial charge in [0.05, 0.1) is 6.20 Å². The molecule has 0 unspecified atom stereocenters. The maximum atomic E-state index is 11.9. The minimum Gasteiger partial charge on any atom is -0.375 e. The third-order valence-electron chi connectivity index (χ3n) is 4.01. The second kappa shape index (κ2) is 7.78. The standard InChI is InChI=1S/C16H20N6O2/c1-24-11-15(23)22-8-3-12(4-9-22)13-2-5-19-16(20-13)21-14-10-17-6-7-18-14/h2,5-7,10,12H,3-4,8-9,11H2,1H3,(H,18,19,20,21). The number of aromatic nitrogens is 4. The van der Waals surface area contributed by atoms with Crippen LogP contribution in [0.25, 0.3) is 0 Å². The third-order valence-corrected chi connectivity index (χ3v) is 4.01. The van der Waals surface area contributed by atoms with Crippen LogP contribution in [0.3, 0.4) is 0 Å². The molecule has 2 aromatic rings. The van der Waals surface area contributed by atoms with E-state index in [1.165, 1.54) is 7.11 Å². The predicted molar refractivity (Wildman–Crippen MR) is 87.8 cm³/mol. The maximum Gasteiger partial charge on any atom is 0.248 e. The average molecular weight is 328 g/mol. The predicted octanol–water partition coefficient (Wildman–Crippen LogP) is 1.36. The molecule has 0 saturated carbocycles. The quantitative estimate of drug-likeness (QED) is 0.885. The third kappa shape index (κ3) is 4.02. The Morgan fingerprint density at radius 2 is 2.12 bits per heavy atom. The first kappa shape index (κ1) is 16.3. The van der Waals surface area contributed by atoms with Gasteiger partial charge >= 0.3 is 0 Å². The van der Waals surface area contributed by atoms with E-state index in [-0.39, 0.29) is 12.5 Å². The molecule has 1 N–H and O–H groups in total. The summed E-state index contributed by atoms with van der Waals surface area (Å²) in [5.74, 6) is 1.48. The molecule has 8 nitrogen and oxygen atoms in total. The van der Waals surface area contributed by atoms with Crippen LogP contribution in [-0.4, -0.2) is 57.5 Å². The van der Waals surface area contributed by atoms with Gasteiger partial charge in [-0.15, -0.1) is 0 Å². The van der Waals surface area contributed by atoms with Crippen LogP contribution in [0.2, 0.25) is 0 Å². The molecule has 0 spiro atoms. The number of piperidine rings is 1. The highest BCUT2D eigenvalue weighted by atomic mass is 16.5. The zero-order valence-corrected chi connectivity index (χ0v) is 13.6. The largest absolute Gasteiger partial charge is 0.375 e. The van der Waals surface area contributed by atoms with E-state index in [4.69, 9.17) is 4.74 Å². The summed E-state index contributed by atoms with van der Waals surface area (Å²) in [4.78, 5) is 30.7. The summed E-state index contributed by atoms with van der Waals surface area (Å²) in [6, 6.07) is 1.93. The summed E-state index contributed by atoms with van der Waals surface area (Å²) in [5, 5.41) is 3.05. The molecule has 8 heteroatoms. The molecule has 0 bridgehead atoms. The molecule has 0 atom stereocenters. The minimum absolute atomic E-state index is 0.0450. The van der Waals surface area contributed by atoms with Gasteiger partial charge in [-0.25, -0.2) is 15.0 Å².